The van der Waals surface area contributed by atoms with Crippen LogP contribution in [0.2, 0.25) is 0 Å². The van der Waals surface area contributed by atoms with Gasteiger partial charge in [-0.25, -0.2) is 4.79 Å². The summed E-state index contributed by atoms with van der Waals surface area (Å²) in [6.45, 7) is 4.19. The van der Waals surface area contributed by atoms with Crippen molar-refractivity contribution in [2.75, 3.05) is 6.61 Å². The average molecular weight is 252 g/mol. The molecule has 0 fully saturated rings. The molecule has 0 amide bonds. The molecule has 3 nitrogen and oxygen atoms in total. The fourth-order valence-corrected chi connectivity index (χ4v) is 3.44. The highest BCUT2D eigenvalue weighted by Gasteiger charge is 2.29. The van der Waals surface area contributed by atoms with Crippen molar-refractivity contribution in [3.63, 3.8) is 0 Å². The molecule has 0 aliphatic heterocycles. The Balaban J connectivity index is 2.47. The molecular weight excluding hydrogens is 236 g/mol. The number of carbonyl (C=O) groups is 2. The molecule has 1 aromatic rings. The number of fused-ring (bicyclic) bond motifs is 1. The zero-order valence-corrected chi connectivity index (χ0v) is 11.0. The number of rotatable bonds is 3. The van der Waals surface area contributed by atoms with Gasteiger partial charge < -0.3 is 4.74 Å². The van der Waals surface area contributed by atoms with Crippen LogP contribution in [-0.4, -0.2) is 18.4 Å². The molecule has 0 N–H and O–H groups in total. The number of hydrogen-bond donors (Lipinski definition) is 0. The van der Waals surface area contributed by atoms with E-state index in [1.54, 1.807) is 6.92 Å². The van der Waals surface area contributed by atoms with E-state index in [9.17, 15) is 9.59 Å². The number of hydrogen-bond acceptors (Lipinski definition) is 4. The number of aryl methyl sites for hydroxylation is 1. The quantitative estimate of drug-likeness (QED) is 0.777. The summed E-state index contributed by atoms with van der Waals surface area (Å²) in [6, 6.07) is 0. The first-order valence-electron chi connectivity index (χ1n) is 6.03. The van der Waals surface area contributed by atoms with Gasteiger partial charge >= 0.3 is 5.97 Å². The van der Waals surface area contributed by atoms with Crippen LogP contribution in [0.4, 0.5) is 0 Å². The van der Waals surface area contributed by atoms with Crippen molar-refractivity contribution in [1.29, 1.82) is 0 Å². The number of ketones is 1. The largest absolute Gasteiger partial charge is 0.462 e. The summed E-state index contributed by atoms with van der Waals surface area (Å²) in [5.74, 6) is -0.0851. The smallest absolute Gasteiger partial charge is 0.348 e. The SMILES string of the molecule is CCOC(=O)c1sc(CC)c2c1CCCC2=O. The second-order valence-corrected chi connectivity index (χ2v) is 5.16. The van der Waals surface area contributed by atoms with Gasteiger partial charge in [-0.1, -0.05) is 6.92 Å². The molecule has 0 aromatic carbocycles. The molecular formula is C13H16O3S. The van der Waals surface area contributed by atoms with Crippen LogP contribution in [0, 0.1) is 0 Å². The Kier molecular flexibility index (Phi) is 3.62. The summed E-state index contributed by atoms with van der Waals surface area (Å²) >= 11 is 1.43. The van der Waals surface area contributed by atoms with Crippen LogP contribution in [0.3, 0.4) is 0 Å². The predicted octanol–water partition coefficient (Wildman–Crippen LogP) is 3.01. The third-order valence-corrected chi connectivity index (χ3v) is 4.33. The summed E-state index contributed by atoms with van der Waals surface area (Å²) in [7, 11) is 0. The molecule has 0 spiro atoms. The third kappa shape index (κ3) is 2.14. The molecule has 1 aromatic heterocycles. The van der Waals surface area contributed by atoms with E-state index in [0.29, 0.717) is 17.9 Å². The first kappa shape index (κ1) is 12.3. The van der Waals surface area contributed by atoms with Gasteiger partial charge in [0.05, 0.1) is 6.61 Å². The minimum atomic E-state index is -0.275. The minimum Gasteiger partial charge on any atom is -0.462 e. The number of Topliss-reactive ketones (excluding diaryl/α,β-unsaturated/α-hetero) is 1. The first-order chi connectivity index (χ1) is 8.19. The highest BCUT2D eigenvalue weighted by atomic mass is 32.1. The topological polar surface area (TPSA) is 43.4 Å². The molecule has 1 aliphatic carbocycles. The Hall–Kier alpha value is -1.16. The van der Waals surface area contributed by atoms with Crippen LogP contribution in [-0.2, 0) is 17.6 Å². The maximum Gasteiger partial charge on any atom is 0.348 e. The molecule has 0 unspecified atom stereocenters. The van der Waals surface area contributed by atoms with Crippen LogP contribution in [0.25, 0.3) is 0 Å². The van der Waals surface area contributed by atoms with Gasteiger partial charge in [-0.3, -0.25) is 4.79 Å². The van der Waals surface area contributed by atoms with Crippen LogP contribution < -0.4 is 0 Å². The van der Waals surface area contributed by atoms with E-state index in [1.165, 1.54) is 11.3 Å². The summed E-state index contributed by atoms with van der Waals surface area (Å²) in [4.78, 5) is 25.4. The fraction of sp³-hybridized carbons (Fsp3) is 0.538. The van der Waals surface area contributed by atoms with Gasteiger partial charge in [0.15, 0.2) is 5.78 Å². The highest BCUT2D eigenvalue weighted by molar-refractivity contribution is 7.14. The monoisotopic (exact) mass is 252 g/mol. The Morgan fingerprint density at radius 3 is 2.76 bits per heavy atom. The van der Waals surface area contributed by atoms with Crippen LogP contribution in [0.5, 0.6) is 0 Å². The Morgan fingerprint density at radius 2 is 2.12 bits per heavy atom. The van der Waals surface area contributed by atoms with Crippen molar-refractivity contribution < 1.29 is 14.3 Å². The van der Waals surface area contributed by atoms with E-state index < -0.39 is 0 Å². The normalized spacial score (nSPS) is 14.6. The second-order valence-electron chi connectivity index (χ2n) is 4.06. The Bertz CT molecular complexity index is 459. The van der Waals surface area contributed by atoms with Gasteiger partial charge in [0, 0.05) is 16.9 Å². The van der Waals surface area contributed by atoms with E-state index in [4.69, 9.17) is 4.74 Å². The minimum absolute atomic E-state index is 0.190. The van der Waals surface area contributed by atoms with Gasteiger partial charge in [0.25, 0.3) is 0 Å². The molecule has 0 saturated carbocycles. The number of carbonyl (C=O) groups excluding carboxylic acids is 2. The lowest BCUT2D eigenvalue weighted by molar-refractivity contribution is 0.0531. The van der Waals surface area contributed by atoms with Crippen LogP contribution in [0.1, 0.15) is 57.2 Å². The van der Waals surface area contributed by atoms with Crippen molar-refractivity contribution in [2.24, 2.45) is 0 Å². The first-order valence-corrected chi connectivity index (χ1v) is 6.85. The zero-order chi connectivity index (χ0) is 12.4. The molecule has 0 saturated heterocycles. The van der Waals surface area contributed by atoms with Gasteiger partial charge in [-0.05, 0) is 31.7 Å². The van der Waals surface area contributed by atoms with Crippen LogP contribution in [0.15, 0.2) is 0 Å². The molecule has 92 valence electrons. The van der Waals surface area contributed by atoms with Gasteiger partial charge in [0.1, 0.15) is 4.88 Å². The van der Waals surface area contributed by atoms with E-state index in [-0.39, 0.29) is 11.8 Å². The average Bonchev–Trinajstić information content (AvgIpc) is 2.69. The van der Waals surface area contributed by atoms with Crippen molar-refractivity contribution in [3.05, 3.63) is 20.9 Å². The van der Waals surface area contributed by atoms with E-state index in [2.05, 4.69) is 0 Å². The maximum absolute atomic E-state index is 11.9. The van der Waals surface area contributed by atoms with Gasteiger partial charge in [-0.15, -0.1) is 11.3 Å². The standard InChI is InChI=1S/C13H16O3S/c1-3-10-11-8(6-5-7-9(11)14)12(17-10)13(15)16-4-2/h3-7H2,1-2H3. The van der Waals surface area contributed by atoms with E-state index in [1.807, 2.05) is 6.92 Å². The molecule has 2 rings (SSSR count). The zero-order valence-electron chi connectivity index (χ0n) is 10.2. The third-order valence-electron chi connectivity index (χ3n) is 2.97. The molecule has 1 heterocycles. The summed E-state index contributed by atoms with van der Waals surface area (Å²) < 4.78 is 5.05. The van der Waals surface area contributed by atoms with E-state index >= 15 is 0 Å². The predicted molar refractivity (Wildman–Crippen MR) is 66.9 cm³/mol. The van der Waals surface area contributed by atoms with Crippen molar-refractivity contribution in [1.82, 2.24) is 0 Å². The highest BCUT2D eigenvalue weighted by Crippen LogP contribution is 2.35. The van der Waals surface area contributed by atoms with Crippen molar-refractivity contribution in [3.8, 4) is 0 Å². The molecule has 0 atom stereocenters. The lowest BCUT2D eigenvalue weighted by Gasteiger charge is -2.12. The maximum atomic E-state index is 11.9. The Morgan fingerprint density at radius 1 is 1.35 bits per heavy atom. The van der Waals surface area contributed by atoms with Crippen molar-refractivity contribution in [2.45, 2.75) is 39.5 Å². The van der Waals surface area contributed by atoms with Crippen molar-refractivity contribution >= 4 is 23.1 Å². The lowest BCUT2D eigenvalue weighted by Crippen LogP contribution is -2.13. The Labute approximate surface area is 105 Å². The van der Waals surface area contributed by atoms with E-state index in [0.717, 1.165) is 35.3 Å². The molecule has 0 radical (unpaired) electrons. The molecule has 0 bridgehead atoms. The fourth-order valence-electron chi connectivity index (χ4n) is 2.24. The summed E-state index contributed by atoms with van der Waals surface area (Å²) in [5.41, 5.74) is 1.74. The molecule has 1 aliphatic rings. The molecule has 4 heteroatoms. The lowest BCUT2D eigenvalue weighted by atomic mass is 9.90. The summed E-state index contributed by atoms with van der Waals surface area (Å²) in [5, 5.41) is 0. The van der Waals surface area contributed by atoms with Crippen LogP contribution >= 0.6 is 11.3 Å². The number of ether oxygens (including phenoxy) is 1. The van der Waals surface area contributed by atoms with Gasteiger partial charge in [-0.2, -0.15) is 0 Å². The number of esters is 1. The number of thiophene rings is 1. The summed E-state index contributed by atoms with van der Waals surface area (Å²) in [6.07, 6.45) is 3.08. The molecule has 17 heavy (non-hydrogen) atoms. The van der Waals surface area contributed by atoms with Gasteiger partial charge in [0.2, 0.25) is 0 Å². The second kappa shape index (κ2) is 5.00.